The van der Waals surface area contributed by atoms with Crippen LogP contribution in [0, 0.1) is 32.6 Å². The van der Waals surface area contributed by atoms with Gasteiger partial charge in [0.25, 0.3) is 0 Å². The van der Waals surface area contributed by atoms with Crippen LogP contribution in [0.2, 0.25) is 0 Å². The maximum absolute atomic E-state index is 13.6. The van der Waals surface area contributed by atoms with Gasteiger partial charge in [0.15, 0.2) is 28.9 Å². The van der Waals surface area contributed by atoms with Gasteiger partial charge in [-0.25, -0.2) is 0 Å². The molecule has 0 saturated heterocycles. The molecule has 0 radical (unpaired) electrons. The molecule has 0 fully saturated rings. The molecule has 2 aromatic heterocycles. The summed E-state index contributed by atoms with van der Waals surface area (Å²) in [4.78, 5) is 57.7. The molecule has 4 aromatic rings. The second-order valence-corrected chi connectivity index (χ2v) is 14.8. The predicted molar refractivity (Wildman–Crippen MR) is 198 cm³/mol. The van der Waals surface area contributed by atoms with Crippen LogP contribution in [0.25, 0.3) is 29.7 Å². The molecular weight excluding hydrogens is 622 g/mol. The molecule has 0 aliphatic heterocycles. The van der Waals surface area contributed by atoms with Gasteiger partial charge in [0.05, 0.1) is 16.8 Å². The second kappa shape index (κ2) is 12.0. The van der Waals surface area contributed by atoms with Crippen molar-refractivity contribution >= 4 is 41.4 Å². The van der Waals surface area contributed by atoms with Crippen LogP contribution < -0.4 is 0 Å². The van der Waals surface area contributed by atoms with Gasteiger partial charge in [-0.15, -0.1) is 0 Å². The molecule has 2 atom stereocenters. The highest BCUT2D eigenvalue weighted by molar-refractivity contribution is 6.42. The molecule has 1 N–H and O–H groups in total. The number of rotatable bonds is 9. The first-order chi connectivity index (χ1) is 23.8. The van der Waals surface area contributed by atoms with Crippen LogP contribution in [0.15, 0.2) is 58.5 Å². The SMILES string of the molecule is C=Cc1cc2c(cc1C)C(=O)/C(=C/c1cc3c([nH]1)-c1oc(C=C4C(=O)c5cc(C)c(C)cc5C4=O)cc1C3(CC(C)CC)CC(C)CC)C2=O. The maximum atomic E-state index is 13.6. The Kier molecular flexibility index (Phi) is 8.05. The average molecular weight is 666 g/mol. The van der Waals surface area contributed by atoms with Gasteiger partial charge in [0.1, 0.15) is 5.76 Å². The van der Waals surface area contributed by atoms with Crippen LogP contribution in [0.3, 0.4) is 0 Å². The van der Waals surface area contributed by atoms with E-state index in [9.17, 15) is 19.2 Å². The van der Waals surface area contributed by atoms with Crippen LogP contribution in [0.4, 0.5) is 0 Å². The number of aromatic amines is 1. The standard InChI is InChI=1S/C44H43NO5/c1-9-22(4)20-44(21-23(5)10-2)36-17-28(16-34-39(46)32-14-26(8)27(11-3)15-33(32)42(34)49)45-38(36)43-37(44)19-29(50-43)18-35-40(47)30-12-24(6)25(7)13-31(30)41(35)48/h11-19,22-23,45H,3,9-10,20-21H2,1-2,4-8H3/b34-16-. The van der Waals surface area contributed by atoms with Crippen molar-refractivity contribution in [3.05, 3.63) is 121 Å². The third-order valence-corrected chi connectivity index (χ3v) is 11.4. The number of hydrogen-bond donors (Lipinski definition) is 1. The molecule has 0 amide bonds. The molecule has 50 heavy (non-hydrogen) atoms. The highest BCUT2D eigenvalue weighted by Crippen LogP contribution is 2.57. The third-order valence-electron chi connectivity index (χ3n) is 11.4. The molecule has 7 rings (SSSR count). The summed E-state index contributed by atoms with van der Waals surface area (Å²) in [5.74, 6) is 0.755. The number of allylic oxidation sites excluding steroid dienone is 2. The van der Waals surface area contributed by atoms with Crippen molar-refractivity contribution < 1.29 is 23.6 Å². The fourth-order valence-electron chi connectivity index (χ4n) is 8.14. The van der Waals surface area contributed by atoms with E-state index in [0.29, 0.717) is 51.3 Å². The van der Waals surface area contributed by atoms with Crippen molar-refractivity contribution in [2.24, 2.45) is 11.8 Å². The van der Waals surface area contributed by atoms with E-state index >= 15 is 0 Å². The summed E-state index contributed by atoms with van der Waals surface area (Å²) >= 11 is 0. The summed E-state index contributed by atoms with van der Waals surface area (Å²) in [7, 11) is 0. The lowest BCUT2D eigenvalue weighted by molar-refractivity contribution is 0.0974. The first-order valence-electron chi connectivity index (χ1n) is 17.7. The van der Waals surface area contributed by atoms with E-state index in [1.54, 1.807) is 42.5 Å². The number of carbonyl (C=O) groups is 4. The monoisotopic (exact) mass is 665 g/mol. The Labute approximate surface area is 293 Å². The number of aromatic nitrogens is 1. The Morgan fingerprint density at radius 3 is 1.72 bits per heavy atom. The van der Waals surface area contributed by atoms with Gasteiger partial charge in [-0.1, -0.05) is 53.2 Å². The van der Waals surface area contributed by atoms with Crippen LogP contribution >= 0.6 is 0 Å². The van der Waals surface area contributed by atoms with E-state index < -0.39 is 5.41 Å². The van der Waals surface area contributed by atoms with E-state index in [2.05, 4.69) is 45.3 Å². The Bertz CT molecular complexity index is 2190. The van der Waals surface area contributed by atoms with Gasteiger partial charge in [0.2, 0.25) is 0 Å². The van der Waals surface area contributed by atoms with E-state index in [-0.39, 0.29) is 34.3 Å². The summed E-state index contributed by atoms with van der Waals surface area (Å²) in [6.07, 6.45) is 8.70. The second-order valence-electron chi connectivity index (χ2n) is 14.8. The zero-order chi connectivity index (χ0) is 35.8. The number of carbonyl (C=O) groups excluding carboxylic acids is 4. The number of fused-ring (bicyclic) bond motifs is 5. The predicted octanol–water partition coefficient (Wildman–Crippen LogP) is 10.2. The van der Waals surface area contributed by atoms with Crippen molar-refractivity contribution in [3.63, 3.8) is 0 Å². The number of H-pyrrole nitrogens is 1. The Hall–Kier alpha value is -5.10. The van der Waals surface area contributed by atoms with Gasteiger partial charge in [-0.3, -0.25) is 19.2 Å². The number of nitrogens with one attached hydrogen (secondary N) is 1. The molecule has 3 aliphatic rings. The zero-order valence-electron chi connectivity index (χ0n) is 29.9. The minimum Gasteiger partial charge on any atom is -0.455 e. The number of Topliss-reactive ketones (excluding diaryl/α,β-unsaturated/α-hetero) is 4. The van der Waals surface area contributed by atoms with Gasteiger partial charge in [-0.2, -0.15) is 0 Å². The average Bonchev–Trinajstić information content (AvgIpc) is 3.86. The number of furan rings is 1. The fourth-order valence-corrected chi connectivity index (χ4v) is 8.14. The largest absolute Gasteiger partial charge is 0.455 e. The van der Waals surface area contributed by atoms with E-state index in [4.69, 9.17) is 4.42 Å². The molecular formula is C44H43NO5. The first-order valence-corrected chi connectivity index (χ1v) is 17.7. The molecule has 3 aliphatic carbocycles. The quantitative estimate of drug-likeness (QED) is 0.142. The summed E-state index contributed by atoms with van der Waals surface area (Å²) in [6.45, 7) is 18.6. The summed E-state index contributed by atoms with van der Waals surface area (Å²) in [6, 6.07) is 11.2. The van der Waals surface area contributed by atoms with E-state index in [1.807, 2.05) is 26.8 Å². The fraction of sp³-hybridized carbons (Fsp3) is 0.318. The van der Waals surface area contributed by atoms with Gasteiger partial charge in [0, 0.05) is 38.9 Å². The van der Waals surface area contributed by atoms with Crippen LogP contribution in [-0.2, 0) is 5.41 Å². The smallest absolute Gasteiger partial charge is 0.197 e. The Balaban J connectivity index is 1.36. The molecule has 254 valence electrons. The molecule has 6 heteroatoms. The number of aryl methyl sites for hydroxylation is 3. The van der Waals surface area contributed by atoms with Crippen LogP contribution in [0.1, 0.15) is 140 Å². The van der Waals surface area contributed by atoms with Gasteiger partial charge in [-0.05, 0) is 122 Å². The normalized spacial score (nSPS) is 19.6. The molecule has 2 unspecified atom stereocenters. The number of benzene rings is 2. The minimum absolute atomic E-state index is 0.108. The number of hydrogen-bond acceptors (Lipinski definition) is 5. The van der Waals surface area contributed by atoms with Crippen molar-refractivity contribution in [3.8, 4) is 11.5 Å². The minimum atomic E-state index is -0.410. The summed E-state index contributed by atoms with van der Waals surface area (Å²) < 4.78 is 6.58. The molecule has 6 nitrogen and oxygen atoms in total. The lowest BCUT2D eigenvalue weighted by Gasteiger charge is -2.35. The van der Waals surface area contributed by atoms with Gasteiger partial charge >= 0.3 is 0 Å². The molecule has 2 aromatic carbocycles. The lowest BCUT2D eigenvalue weighted by atomic mass is 9.67. The molecule has 0 spiro atoms. The molecule has 0 saturated carbocycles. The Morgan fingerprint density at radius 1 is 0.700 bits per heavy atom. The summed E-state index contributed by atoms with van der Waals surface area (Å²) in [5.41, 5.74) is 8.76. The van der Waals surface area contributed by atoms with Crippen molar-refractivity contribution in [2.75, 3.05) is 0 Å². The third kappa shape index (κ3) is 4.99. The molecule has 0 bridgehead atoms. The van der Waals surface area contributed by atoms with E-state index in [0.717, 1.165) is 64.8 Å². The van der Waals surface area contributed by atoms with Crippen LogP contribution in [0.5, 0.6) is 0 Å². The van der Waals surface area contributed by atoms with Crippen molar-refractivity contribution in [1.29, 1.82) is 0 Å². The first kappa shape index (κ1) is 33.4. The highest BCUT2D eigenvalue weighted by Gasteiger charge is 2.48. The number of ketones is 4. The van der Waals surface area contributed by atoms with E-state index in [1.165, 1.54) is 0 Å². The topological polar surface area (TPSA) is 97.2 Å². The lowest BCUT2D eigenvalue weighted by Crippen LogP contribution is -2.29. The Morgan fingerprint density at radius 2 is 1.20 bits per heavy atom. The van der Waals surface area contributed by atoms with Crippen LogP contribution in [-0.4, -0.2) is 28.1 Å². The van der Waals surface area contributed by atoms with Gasteiger partial charge < -0.3 is 9.40 Å². The zero-order valence-corrected chi connectivity index (χ0v) is 29.9. The molecule has 2 heterocycles. The van der Waals surface area contributed by atoms with Crippen molar-refractivity contribution in [2.45, 2.75) is 79.6 Å². The van der Waals surface area contributed by atoms with Crippen molar-refractivity contribution in [1.82, 2.24) is 4.98 Å². The maximum Gasteiger partial charge on any atom is 0.197 e. The highest BCUT2D eigenvalue weighted by atomic mass is 16.3. The summed E-state index contributed by atoms with van der Waals surface area (Å²) in [5, 5.41) is 0.